The van der Waals surface area contributed by atoms with Crippen molar-refractivity contribution in [1.82, 2.24) is 29.5 Å². The third-order valence-corrected chi connectivity index (χ3v) is 7.96. The van der Waals surface area contributed by atoms with Crippen molar-refractivity contribution in [3.63, 3.8) is 0 Å². The van der Waals surface area contributed by atoms with Gasteiger partial charge in [-0.2, -0.15) is 5.10 Å². The number of aromatic nitrogens is 2. The van der Waals surface area contributed by atoms with E-state index in [1.165, 1.54) is 5.01 Å². The van der Waals surface area contributed by atoms with Gasteiger partial charge in [0, 0.05) is 44.6 Å². The number of sulfonamides is 1. The molecule has 1 aromatic rings. The smallest absolute Gasteiger partial charge is 0.216 e. The molecule has 0 radical (unpaired) electrons. The van der Waals surface area contributed by atoms with Gasteiger partial charge >= 0.3 is 0 Å². The minimum Gasteiger partial charge on any atom is -0.295 e. The SMILES string of the molecule is Cn1cc(C2=C3N=CN(N)C=C3N(CC3CCN(S(=O)(=O)C4CC4)C3)N2)cn1. The average molecular weight is 405 g/mol. The summed E-state index contributed by atoms with van der Waals surface area (Å²) in [5.41, 5.74) is 6.94. The van der Waals surface area contributed by atoms with Crippen LogP contribution in [-0.4, -0.2) is 63.7 Å². The molecule has 3 N–H and O–H groups in total. The standard InChI is InChI=1S/C17H24N8O2S/c1-22-9-13(6-20-22)16-17-15(10-23(18)11-19-17)25(21-16)8-12-4-5-24(7-12)28(26,27)14-2-3-14/h6,9-12,14,21H,2-5,7-8,18H2,1H3. The molecule has 1 saturated heterocycles. The maximum absolute atomic E-state index is 12.5. The summed E-state index contributed by atoms with van der Waals surface area (Å²) < 4.78 is 28.4. The molecule has 3 aliphatic heterocycles. The Labute approximate surface area is 164 Å². The van der Waals surface area contributed by atoms with Crippen molar-refractivity contribution in [3.8, 4) is 0 Å². The molecular formula is C17H24N8O2S. The van der Waals surface area contributed by atoms with Gasteiger partial charge in [-0.1, -0.05) is 0 Å². The van der Waals surface area contributed by atoms with Crippen molar-refractivity contribution >= 4 is 22.1 Å². The molecule has 1 atom stereocenters. The van der Waals surface area contributed by atoms with Crippen molar-refractivity contribution in [2.75, 3.05) is 19.6 Å². The van der Waals surface area contributed by atoms with Gasteiger partial charge in [-0.05, 0) is 25.2 Å². The maximum atomic E-state index is 12.5. The van der Waals surface area contributed by atoms with Crippen LogP contribution in [0.5, 0.6) is 0 Å². The molecule has 4 aliphatic rings. The lowest BCUT2D eigenvalue weighted by atomic mass is 10.1. The number of hydrogen-bond acceptors (Lipinski definition) is 8. The fourth-order valence-corrected chi connectivity index (χ4v) is 5.90. The second kappa shape index (κ2) is 6.33. The Morgan fingerprint density at radius 2 is 2.14 bits per heavy atom. The molecule has 150 valence electrons. The van der Waals surface area contributed by atoms with Gasteiger partial charge in [-0.15, -0.1) is 0 Å². The summed E-state index contributed by atoms with van der Waals surface area (Å²) in [4.78, 5) is 4.49. The second-order valence-corrected chi connectivity index (χ2v) is 10.0. The molecule has 0 aromatic carbocycles. The highest BCUT2D eigenvalue weighted by Crippen LogP contribution is 2.36. The Kier molecular flexibility index (Phi) is 4.00. The number of aryl methyl sites for hydroxylation is 1. The van der Waals surface area contributed by atoms with Crippen molar-refractivity contribution in [1.29, 1.82) is 0 Å². The van der Waals surface area contributed by atoms with Gasteiger partial charge in [0.2, 0.25) is 10.0 Å². The van der Waals surface area contributed by atoms with Crippen LogP contribution < -0.4 is 11.3 Å². The number of nitrogens with one attached hydrogen (secondary N) is 1. The van der Waals surface area contributed by atoms with Gasteiger partial charge in [-0.25, -0.2) is 23.6 Å². The highest BCUT2D eigenvalue weighted by molar-refractivity contribution is 7.90. The number of hydrogen-bond donors (Lipinski definition) is 2. The number of nitrogens with zero attached hydrogens (tertiary/aromatic N) is 6. The van der Waals surface area contributed by atoms with Gasteiger partial charge in [0.05, 0.1) is 17.1 Å². The summed E-state index contributed by atoms with van der Waals surface area (Å²) in [6, 6.07) is 0. The minimum absolute atomic E-state index is 0.150. The van der Waals surface area contributed by atoms with Crippen LogP contribution in [0.3, 0.4) is 0 Å². The van der Waals surface area contributed by atoms with Gasteiger partial charge in [0.1, 0.15) is 17.7 Å². The zero-order chi connectivity index (χ0) is 19.5. The molecule has 0 bridgehead atoms. The van der Waals surface area contributed by atoms with Crippen molar-refractivity contribution in [2.45, 2.75) is 24.5 Å². The number of rotatable bonds is 5. The van der Waals surface area contributed by atoms with Crippen LogP contribution in [0.4, 0.5) is 0 Å². The first-order chi connectivity index (χ1) is 13.4. The summed E-state index contributed by atoms with van der Waals surface area (Å²) in [5, 5.41) is 7.54. The summed E-state index contributed by atoms with van der Waals surface area (Å²) in [6.07, 6.45) is 9.57. The summed E-state index contributed by atoms with van der Waals surface area (Å²) in [7, 11) is -1.24. The fraction of sp³-hybridized carbons (Fsp3) is 0.529. The van der Waals surface area contributed by atoms with Crippen LogP contribution in [0, 0.1) is 5.92 Å². The largest absolute Gasteiger partial charge is 0.295 e. The highest BCUT2D eigenvalue weighted by Gasteiger charge is 2.43. The number of fused-ring (bicyclic) bond motifs is 1. The summed E-state index contributed by atoms with van der Waals surface area (Å²) in [5.74, 6) is 6.14. The molecule has 5 rings (SSSR count). The van der Waals surface area contributed by atoms with E-state index in [1.807, 2.05) is 24.5 Å². The predicted octanol–water partition coefficient (Wildman–Crippen LogP) is -0.218. The first-order valence-electron chi connectivity index (χ1n) is 9.47. The van der Waals surface area contributed by atoms with E-state index < -0.39 is 10.0 Å². The van der Waals surface area contributed by atoms with E-state index in [-0.39, 0.29) is 11.2 Å². The zero-order valence-corrected chi connectivity index (χ0v) is 16.5. The van der Waals surface area contributed by atoms with Crippen molar-refractivity contribution in [3.05, 3.63) is 35.6 Å². The fourth-order valence-electron chi connectivity index (χ4n) is 3.97. The summed E-state index contributed by atoms with van der Waals surface area (Å²) in [6.45, 7) is 1.85. The predicted molar refractivity (Wildman–Crippen MR) is 104 cm³/mol. The highest BCUT2D eigenvalue weighted by atomic mass is 32.2. The Bertz CT molecular complexity index is 991. The number of nitrogens with two attached hydrogens (primary N) is 1. The lowest BCUT2D eigenvalue weighted by molar-refractivity contribution is 0.262. The van der Waals surface area contributed by atoms with E-state index in [9.17, 15) is 8.42 Å². The van der Waals surface area contributed by atoms with Crippen LogP contribution in [0.1, 0.15) is 24.8 Å². The molecule has 0 amide bonds. The van der Waals surface area contributed by atoms with Crippen LogP contribution >= 0.6 is 0 Å². The molecule has 1 aliphatic carbocycles. The molecule has 1 aromatic heterocycles. The Morgan fingerprint density at radius 3 is 2.86 bits per heavy atom. The molecule has 28 heavy (non-hydrogen) atoms. The van der Waals surface area contributed by atoms with Gasteiger partial charge in [0.25, 0.3) is 0 Å². The van der Waals surface area contributed by atoms with E-state index in [4.69, 9.17) is 5.84 Å². The van der Waals surface area contributed by atoms with Crippen molar-refractivity contribution < 1.29 is 8.42 Å². The molecule has 0 spiro atoms. The van der Waals surface area contributed by atoms with Crippen LogP contribution in [-0.2, 0) is 17.1 Å². The Balaban J connectivity index is 1.34. The monoisotopic (exact) mass is 404 g/mol. The topological polar surface area (TPSA) is 112 Å². The first kappa shape index (κ1) is 17.7. The van der Waals surface area contributed by atoms with E-state index in [2.05, 4.69) is 15.5 Å². The lowest BCUT2D eigenvalue weighted by Crippen LogP contribution is -2.38. The van der Waals surface area contributed by atoms with E-state index in [1.54, 1.807) is 21.5 Å². The third kappa shape index (κ3) is 2.99. The lowest BCUT2D eigenvalue weighted by Gasteiger charge is -2.27. The van der Waals surface area contributed by atoms with E-state index in [0.717, 1.165) is 41.9 Å². The molecule has 11 heteroatoms. The van der Waals surface area contributed by atoms with Crippen LogP contribution in [0.15, 0.2) is 35.0 Å². The first-order valence-corrected chi connectivity index (χ1v) is 11.0. The summed E-state index contributed by atoms with van der Waals surface area (Å²) >= 11 is 0. The quantitative estimate of drug-likeness (QED) is 0.653. The van der Waals surface area contributed by atoms with Gasteiger partial charge < -0.3 is 0 Å². The van der Waals surface area contributed by atoms with Crippen LogP contribution in [0.25, 0.3) is 5.70 Å². The molecule has 4 heterocycles. The minimum atomic E-state index is -3.11. The average Bonchev–Trinajstić information content (AvgIpc) is 3.12. The van der Waals surface area contributed by atoms with Gasteiger partial charge in [-0.3, -0.25) is 20.1 Å². The van der Waals surface area contributed by atoms with E-state index >= 15 is 0 Å². The second-order valence-electron chi connectivity index (χ2n) is 7.81. The Morgan fingerprint density at radius 1 is 1.32 bits per heavy atom. The normalized spacial score (nSPS) is 25.4. The van der Waals surface area contributed by atoms with E-state index in [0.29, 0.717) is 19.6 Å². The van der Waals surface area contributed by atoms with Gasteiger partial charge in [0.15, 0.2) is 0 Å². The number of hydrazine groups is 2. The van der Waals surface area contributed by atoms with Crippen molar-refractivity contribution in [2.24, 2.45) is 23.8 Å². The molecular weight excluding hydrogens is 380 g/mol. The zero-order valence-electron chi connectivity index (χ0n) is 15.7. The third-order valence-electron chi connectivity index (χ3n) is 5.60. The molecule has 2 fully saturated rings. The number of aliphatic imine (C=N–C) groups is 1. The maximum Gasteiger partial charge on any atom is 0.216 e. The Hall–Kier alpha value is -2.37. The van der Waals surface area contributed by atoms with Crippen LogP contribution in [0.2, 0.25) is 0 Å². The molecule has 1 saturated carbocycles. The molecule has 10 nitrogen and oxygen atoms in total. The molecule has 1 unspecified atom stereocenters.